The van der Waals surface area contributed by atoms with Crippen molar-refractivity contribution in [2.24, 2.45) is 0 Å². The van der Waals surface area contributed by atoms with Crippen LogP contribution in [0.5, 0.6) is 0 Å². The zero-order valence-corrected chi connectivity index (χ0v) is 8.88. The Kier molecular flexibility index (Phi) is 3.90. The van der Waals surface area contributed by atoms with Gasteiger partial charge in [-0.2, -0.15) is 0 Å². The lowest BCUT2D eigenvalue weighted by molar-refractivity contribution is -0.268. The second-order valence-electron chi connectivity index (χ2n) is 3.43. The van der Waals surface area contributed by atoms with E-state index in [2.05, 4.69) is 0 Å². The number of methoxy groups -OCH3 is 2. The summed E-state index contributed by atoms with van der Waals surface area (Å²) in [7, 11) is 3.14. The maximum atomic E-state index is 5.47. The van der Waals surface area contributed by atoms with Crippen LogP contribution < -0.4 is 0 Å². The number of fused-ring (bicyclic) bond motifs is 1. The van der Waals surface area contributed by atoms with Crippen molar-refractivity contribution < 1.29 is 28.4 Å². The summed E-state index contributed by atoms with van der Waals surface area (Å²) in [5.41, 5.74) is 0. The van der Waals surface area contributed by atoms with Crippen LogP contribution in [0.15, 0.2) is 0 Å². The second-order valence-corrected chi connectivity index (χ2v) is 3.43. The molecule has 2 aliphatic heterocycles. The molecule has 2 fully saturated rings. The lowest BCUT2D eigenvalue weighted by Crippen LogP contribution is -2.53. The predicted molar refractivity (Wildman–Crippen MR) is 48.1 cm³/mol. The molecule has 6 heteroatoms. The van der Waals surface area contributed by atoms with Crippen molar-refractivity contribution in [3.8, 4) is 0 Å². The molecule has 4 atom stereocenters. The lowest BCUT2D eigenvalue weighted by atomic mass is 10.1. The van der Waals surface area contributed by atoms with Gasteiger partial charge in [-0.3, -0.25) is 0 Å². The smallest absolute Gasteiger partial charge is 0.186 e. The summed E-state index contributed by atoms with van der Waals surface area (Å²) in [6.45, 7) is 0.929. The topological polar surface area (TPSA) is 55.4 Å². The summed E-state index contributed by atoms with van der Waals surface area (Å²) in [5, 5.41) is 0. The van der Waals surface area contributed by atoms with Gasteiger partial charge in [-0.25, -0.2) is 0 Å². The zero-order valence-electron chi connectivity index (χ0n) is 8.88. The van der Waals surface area contributed by atoms with Crippen LogP contribution in [0.1, 0.15) is 0 Å². The first-order valence-electron chi connectivity index (χ1n) is 4.85. The van der Waals surface area contributed by atoms with Crippen LogP contribution in [0, 0.1) is 0 Å². The van der Waals surface area contributed by atoms with Gasteiger partial charge in [0.1, 0.15) is 31.9 Å². The van der Waals surface area contributed by atoms with Crippen LogP contribution in [-0.4, -0.2) is 59.0 Å². The first-order chi connectivity index (χ1) is 7.36. The van der Waals surface area contributed by atoms with Gasteiger partial charge in [0.05, 0.1) is 6.61 Å². The molecule has 0 radical (unpaired) electrons. The molecule has 2 saturated heterocycles. The van der Waals surface area contributed by atoms with Crippen molar-refractivity contribution in [1.29, 1.82) is 0 Å². The summed E-state index contributed by atoms with van der Waals surface area (Å²) < 4.78 is 31.7. The van der Waals surface area contributed by atoms with Crippen molar-refractivity contribution in [2.45, 2.75) is 24.6 Å². The summed E-state index contributed by atoms with van der Waals surface area (Å²) >= 11 is 0. The molecule has 2 heterocycles. The fraction of sp³-hybridized carbons (Fsp3) is 1.00. The third-order valence-corrected chi connectivity index (χ3v) is 2.54. The van der Waals surface area contributed by atoms with Gasteiger partial charge in [-0.15, -0.1) is 0 Å². The molecule has 0 N–H and O–H groups in total. The summed E-state index contributed by atoms with van der Waals surface area (Å²) in [4.78, 5) is 0. The average molecular weight is 220 g/mol. The fourth-order valence-corrected chi connectivity index (χ4v) is 1.82. The normalized spacial score (nSPS) is 40.4. The van der Waals surface area contributed by atoms with Crippen molar-refractivity contribution >= 4 is 0 Å². The molecule has 0 spiro atoms. The molecule has 2 aliphatic rings. The highest BCUT2D eigenvalue weighted by Crippen LogP contribution is 2.27. The van der Waals surface area contributed by atoms with Crippen LogP contribution >= 0.6 is 0 Å². The molecule has 2 rings (SSSR count). The minimum atomic E-state index is -0.428. The van der Waals surface area contributed by atoms with Gasteiger partial charge in [-0.1, -0.05) is 0 Å². The number of hydrogen-bond acceptors (Lipinski definition) is 6. The van der Waals surface area contributed by atoms with Gasteiger partial charge < -0.3 is 28.4 Å². The van der Waals surface area contributed by atoms with E-state index in [1.165, 1.54) is 0 Å². The highest BCUT2D eigenvalue weighted by molar-refractivity contribution is 4.88. The van der Waals surface area contributed by atoms with Gasteiger partial charge in [-0.05, 0) is 0 Å². The Morgan fingerprint density at radius 2 is 2.07 bits per heavy atom. The standard InChI is InChI=1S/C9H16O6/c1-10-4-14-8-7-6(13-5-15-7)3-12-9(8)11-2/h6-9H,3-5H2,1-2H3/t6-,7-,8+,9+/m1/s1. The van der Waals surface area contributed by atoms with Crippen molar-refractivity contribution in [3.63, 3.8) is 0 Å². The average Bonchev–Trinajstić information content (AvgIpc) is 2.73. The zero-order chi connectivity index (χ0) is 10.7. The van der Waals surface area contributed by atoms with Crippen molar-refractivity contribution in [1.82, 2.24) is 0 Å². The Morgan fingerprint density at radius 3 is 2.80 bits per heavy atom. The minimum absolute atomic E-state index is 0.0711. The Balaban J connectivity index is 1.98. The number of ether oxygens (including phenoxy) is 6. The molecule has 0 aromatic heterocycles. The molecule has 0 aromatic carbocycles. The van der Waals surface area contributed by atoms with E-state index < -0.39 is 6.29 Å². The molecule has 0 saturated carbocycles. The highest BCUT2D eigenvalue weighted by atomic mass is 16.8. The van der Waals surface area contributed by atoms with E-state index in [1.54, 1.807) is 14.2 Å². The quantitative estimate of drug-likeness (QED) is 0.607. The van der Waals surface area contributed by atoms with E-state index in [4.69, 9.17) is 28.4 Å². The molecular weight excluding hydrogens is 204 g/mol. The predicted octanol–water partition coefficient (Wildman–Crippen LogP) is -0.280. The van der Waals surface area contributed by atoms with Crippen LogP contribution in [0.2, 0.25) is 0 Å². The Bertz CT molecular complexity index is 199. The fourth-order valence-electron chi connectivity index (χ4n) is 1.82. The molecule has 0 aliphatic carbocycles. The van der Waals surface area contributed by atoms with E-state index >= 15 is 0 Å². The summed E-state index contributed by atoms with van der Waals surface area (Å²) in [6, 6.07) is 0. The molecule has 0 aromatic rings. The molecule has 15 heavy (non-hydrogen) atoms. The third-order valence-electron chi connectivity index (χ3n) is 2.54. The van der Waals surface area contributed by atoms with E-state index in [9.17, 15) is 0 Å². The van der Waals surface area contributed by atoms with Gasteiger partial charge in [0.2, 0.25) is 0 Å². The van der Waals surface area contributed by atoms with E-state index in [0.29, 0.717) is 6.61 Å². The maximum Gasteiger partial charge on any atom is 0.186 e. The summed E-state index contributed by atoms with van der Waals surface area (Å²) in [6.07, 6.45) is -0.948. The Labute approximate surface area is 88.3 Å². The molecular formula is C9H16O6. The number of rotatable bonds is 4. The molecule has 0 unspecified atom stereocenters. The van der Waals surface area contributed by atoms with Gasteiger partial charge in [0, 0.05) is 14.2 Å². The highest BCUT2D eigenvalue weighted by Gasteiger charge is 2.46. The summed E-state index contributed by atoms with van der Waals surface area (Å²) in [5.74, 6) is 0. The van der Waals surface area contributed by atoms with E-state index in [1.807, 2.05) is 0 Å². The molecule has 0 bridgehead atoms. The number of hydrogen-bond donors (Lipinski definition) is 0. The SMILES string of the molecule is COCO[C@@H]1[C@@H](OC)OC[C@H]2OCO[C@@H]12. The van der Waals surface area contributed by atoms with Gasteiger partial charge in [0.25, 0.3) is 0 Å². The Hall–Kier alpha value is -0.240. The van der Waals surface area contributed by atoms with Crippen LogP contribution in [0.3, 0.4) is 0 Å². The van der Waals surface area contributed by atoms with Gasteiger partial charge >= 0.3 is 0 Å². The van der Waals surface area contributed by atoms with Gasteiger partial charge in [0.15, 0.2) is 6.29 Å². The largest absolute Gasteiger partial charge is 0.359 e. The van der Waals surface area contributed by atoms with E-state index in [0.717, 1.165) is 0 Å². The second kappa shape index (κ2) is 5.20. The van der Waals surface area contributed by atoms with Crippen LogP contribution in [-0.2, 0) is 28.4 Å². The minimum Gasteiger partial charge on any atom is -0.359 e. The van der Waals surface area contributed by atoms with Crippen LogP contribution in [0.25, 0.3) is 0 Å². The first kappa shape index (κ1) is 11.3. The first-order valence-corrected chi connectivity index (χ1v) is 4.85. The third kappa shape index (κ3) is 2.30. The molecule has 6 nitrogen and oxygen atoms in total. The lowest BCUT2D eigenvalue weighted by Gasteiger charge is -2.36. The maximum absolute atomic E-state index is 5.47. The molecule has 88 valence electrons. The van der Waals surface area contributed by atoms with Crippen molar-refractivity contribution in [3.05, 3.63) is 0 Å². The molecule has 0 amide bonds. The monoisotopic (exact) mass is 220 g/mol. The Morgan fingerprint density at radius 1 is 1.20 bits per heavy atom. The van der Waals surface area contributed by atoms with E-state index in [-0.39, 0.29) is 31.9 Å². The van der Waals surface area contributed by atoms with Crippen LogP contribution in [0.4, 0.5) is 0 Å². The van der Waals surface area contributed by atoms with Crippen molar-refractivity contribution in [2.75, 3.05) is 34.4 Å².